The SMILES string of the molecule is CC(=Cc1ccccc1)C=C1SC(=Nc2cc(Cl)cc(Cl)c2)NC1=O. The maximum Gasteiger partial charge on any atom is 0.264 e. The molecule has 3 rings (SSSR count). The van der Waals surface area contributed by atoms with Gasteiger partial charge in [-0.05, 0) is 54.1 Å². The molecule has 6 heteroatoms. The summed E-state index contributed by atoms with van der Waals surface area (Å²) in [5.74, 6) is -0.169. The highest BCUT2D eigenvalue weighted by Gasteiger charge is 2.23. The summed E-state index contributed by atoms with van der Waals surface area (Å²) in [5, 5.41) is 4.25. The van der Waals surface area contributed by atoms with Crippen LogP contribution in [0, 0.1) is 0 Å². The molecule has 0 aromatic heterocycles. The predicted octanol–water partition coefficient (Wildman–Crippen LogP) is 5.83. The fourth-order valence-corrected chi connectivity index (χ4v) is 3.67. The molecule has 2 aromatic carbocycles. The van der Waals surface area contributed by atoms with Gasteiger partial charge in [-0.1, -0.05) is 59.6 Å². The van der Waals surface area contributed by atoms with Crippen LogP contribution in [0.3, 0.4) is 0 Å². The first-order chi connectivity index (χ1) is 12.0. The van der Waals surface area contributed by atoms with E-state index in [2.05, 4.69) is 10.3 Å². The van der Waals surface area contributed by atoms with Crippen molar-refractivity contribution in [2.45, 2.75) is 6.92 Å². The molecule has 3 nitrogen and oxygen atoms in total. The van der Waals surface area contributed by atoms with Crippen LogP contribution in [0.2, 0.25) is 10.0 Å². The average molecular weight is 389 g/mol. The van der Waals surface area contributed by atoms with Crippen molar-refractivity contribution in [2.24, 2.45) is 4.99 Å². The predicted molar refractivity (Wildman–Crippen MR) is 107 cm³/mol. The number of hydrogen-bond acceptors (Lipinski definition) is 3. The summed E-state index contributed by atoms with van der Waals surface area (Å²) in [6, 6.07) is 15.0. The Labute approximate surface area is 160 Å². The Kier molecular flexibility index (Phi) is 5.63. The number of amides is 1. The van der Waals surface area contributed by atoms with Gasteiger partial charge in [-0.25, -0.2) is 4.99 Å². The van der Waals surface area contributed by atoms with Crippen LogP contribution >= 0.6 is 35.0 Å². The van der Waals surface area contributed by atoms with E-state index in [0.29, 0.717) is 25.8 Å². The normalized spacial score (nSPS) is 18.0. The van der Waals surface area contributed by atoms with Crippen molar-refractivity contribution in [3.8, 4) is 0 Å². The molecule has 0 saturated carbocycles. The smallest absolute Gasteiger partial charge is 0.264 e. The van der Waals surface area contributed by atoms with Crippen LogP contribution in [0.5, 0.6) is 0 Å². The molecule has 1 aliphatic rings. The Morgan fingerprint density at radius 1 is 1.12 bits per heavy atom. The quantitative estimate of drug-likeness (QED) is 0.671. The second kappa shape index (κ2) is 7.91. The van der Waals surface area contributed by atoms with Crippen molar-refractivity contribution >= 4 is 57.8 Å². The van der Waals surface area contributed by atoms with Crippen LogP contribution in [-0.2, 0) is 4.79 Å². The van der Waals surface area contributed by atoms with Crippen LogP contribution in [0.1, 0.15) is 12.5 Å². The third-order valence-electron chi connectivity index (χ3n) is 3.28. The van der Waals surface area contributed by atoms with E-state index in [-0.39, 0.29) is 5.91 Å². The van der Waals surface area contributed by atoms with Gasteiger partial charge in [0.15, 0.2) is 5.17 Å². The van der Waals surface area contributed by atoms with Crippen LogP contribution in [0.4, 0.5) is 5.69 Å². The lowest BCUT2D eigenvalue weighted by Crippen LogP contribution is -2.19. The molecule has 1 amide bonds. The third kappa shape index (κ3) is 4.98. The lowest BCUT2D eigenvalue weighted by atomic mass is 10.1. The van der Waals surface area contributed by atoms with E-state index >= 15 is 0 Å². The maximum atomic E-state index is 12.1. The minimum absolute atomic E-state index is 0.169. The number of hydrogen-bond donors (Lipinski definition) is 1. The maximum absolute atomic E-state index is 12.1. The second-order valence-corrected chi connectivity index (χ2v) is 7.31. The van der Waals surface area contributed by atoms with Crippen molar-refractivity contribution in [2.75, 3.05) is 0 Å². The zero-order valence-electron chi connectivity index (χ0n) is 13.3. The molecule has 1 fully saturated rings. The molecule has 1 N–H and O–H groups in total. The monoisotopic (exact) mass is 388 g/mol. The van der Waals surface area contributed by atoms with Crippen molar-refractivity contribution in [3.63, 3.8) is 0 Å². The summed E-state index contributed by atoms with van der Waals surface area (Å²) in [6.07, 6.45) is 3.87. The van der Waals surface area contributed by atoms with E-state index in [0.717, 1.165) is 11.1 Å². The first kappa shape index (κ1) is 17.8. The number of allylic oxidation sites excluding steroid dienone is 2. The zero-order chi connectivity index (χ0) is 17.8. The van der Waals surface area contributed by atoms with Crippen molar-refractivity contribution < 1.29 is 4.79 Å². The van der Waals surface area contributed by atoms with Gasteiger partial charge in [0, 0.05) is 10.0 Å². The molecule has 126 valence electrons. The molecule has 0 aliphatic carbocycles. The van der Waals surface area contributed by atoms with Crippen molar-refractivity contribution in [1.29, 1.82) is 0 Å². The largest absolute Gasteiger partial charge is 0.300 e. The molecule has 1 aliphatic heterocycles. The van der Waals surface area contributed by atoms with Gasteiger partial charge < -0.3 is 5.32 Å². The highest BCUT2D eigenvalue weighted by molar-refractivity contribution is 8.18. The van der Waals surface area contributed by atoms with Gasteiger partial charge in [0.05, 0.1) is 10.6 Å². The summed E-state index contributed by atoms with van der Waals surface area (Å²) in [7, 11) is 0. The number of nitrogens with zero attached hydrogens (tertiary/aromatic N) is 1. The van der Waals surface area contributed by atoms with Gasteiger partial charge >= 0.3 is 0 Å². The van der Waals surface area contributed by atoms with Crippen molar-refractivity contribution in [1.82, 2.24) is 5.32 Å². The fourth-order valence-electron chi connectivity index (χ4n) is 2.26. The lowest BCUT2D eigenvalue weighted by Gasteiger charge is -1.98. The van der Waals surface area contributed by atoms with Gasteiger partial charge in [0.2, 0.25) is 0 Å². The van der Waals surface area contributed by atoms with Crippen LogP contribution < -0.4 is 5.32 Å². The number of aliphatic imine (C=N–C) groups is 1. The Balaban J connectivity index is 1.80. The minimum Gasteiger partial charge on any atom is -0.300 e. The van der Waals surface area contributed by atoms with Gasteiger partial charge in [0.25, 0.3) is 5.91 Å². The summed E-state index contributed by atoms with van der Waals surface area (Å²) in [4.78, 5) is 17.1. The fraction of sp³-hybridized carbons (Fsp3) is 0.0526. The molecule has 0 bridgehead atoms. The Morgan fingerprint density at radius 3 is 2.48 bits per heavy atom. The van der Waals surface area contributed by atoms with E-state index in [1.165, 1.54) is 11.8 Å². The molecule has 2 aromatic rings. The number of thioether (sulfide) groups is 1. The Hall–Kier alpha value is -2.01. The van der Waals surface area contributed by atoms with Gasteiger partial charge in [0.1, 0.15) is 0 Å². The highest BCUT2D eigenvalue weighted by Crippen LogP contribution is 2.30. The Morgan fingerprint density at radius 2 is 1.80 bits per heavy atom. The molecule has 0 atom stereocenters. The average Bonchev–Trinajstić information content (AvgIpc) is 2.86. The molecule has 25 heavy (non-hydrogen) atoms. The number of carbonyl (C=O) groups is 1. The standard InChI is InChI=1S/C19H14Cl2N2OS/c1-12(7-13-5-3-2-4-6-13)8-17-18(24)23-19(25-17)22-16-10-14(20)9-15(21)11-16/h2-11H,1H3,(H,22,23,24). The molecule has 0 radical (unpaired) electrons. The first-order valence-electron chi connectivity index (χ1n) is 7.48. The summed E-state index contributed by atoms with van der Waals surface area (Å²) < 4.78 is 0. The number of nitrogens with one attached hydrogen (secondary N) is 1. The number of rotatable bonds is 3. The first-order valence-corrected chi connectivity index (χ1v) is 9.06. The number of carbonyl (C=O) groups excluding carboxylic acids is 1. The Bertz CT molecular complexity index is 885. The van der Waals surface area contributed by atoms with E-state index in [1.807, 2.05) is 49.4 Å². The highest BCUT2D eigenvalue weighted by atomic mass is 35.5. The summed E-state index contributed by atoms with van der Waals surface area (Å²) in [6.45, 7) is 1.96. The molecule has 0 spiro atoms. The number of halogens is 2. The summed E-state index contributed by atoms with van der Waals surface area (Å²) in [5.41, 5.74) is 2.66. The van der Waals surface area contributed by atoms with Crippen LogP contribution in [-0.4, -0.2) is 11.1 Å². The van der Waals surface area contributed by atoms with Gasteiger partial charge in [-0.15, -0.1) is 0 Å². The van der Waals surface area contributed by atoms with E-state index < -0.39 is 0 Å². The molecular formula is C19H14Cl2N2OS. The van der Waals surface area contributed by atoms with E-state index in [4.69, 9.17) is 23.2 Å². The molecular weight excluding hydrogens is 375 g/mol. The van der Waals surface area contributed by atoms with Gasteiger partial charge in [-0.3, -0.25) is 4.79 Å². The minimum atomic E-state index is -0.169. The third-order valence-corrected chi connectivity index (χ3v) is 4.63. The van der Waals surface area contributed by atoms with Crippen LogP contribution in [0.25, 0.3) is 6.08 Å². The molecule has 0 unspecified atom stereocenters. The molecule has 1 saturated heterocycles. The summed E-state index contributed by atoms with van der Waals surface area (Å²) >= 11 is 13.2. The second-order valence-electron chi connectivity index (χ2n) is 5.41. The lowest BCUT2D eigenvalue weighted by molar-refractivity contribution is -0.115. The van der Waals surface area contributed by atoms with Crippen LogP contribution in [0.15, 0.2) is 70.1 Å². The van der Waals surface area contributed by atoms with Gasteiger partial charge in [-0.2, -0.15) is 0 Å². The van der Waals surface area contributed by atoms with E-state index in [9.17, 15) is 4.79 Å². The number of benzene rings is 2. The number of amidine groups is 1. The topological polar surface area (TPSA) is 41.5 Å². The van der Waals surface area contributed by atoms with Crippen molar-refractivity contribution in [3.05, 3.63) is 80.7 Å². The van der Waals surface area contributed by atoms with E-state index in [1.54, 1.807) is 18.2 Å². The zero-order valence-corrected chi connectivity index (χ0v) is 15.6. The molecule has 1 heterocycles.